The Hall–Kier alpha value is -1.71. The highest BCUT2D eigenvalue weighted by Gasteiger charge is 2.15. The summed E-state index contributed by atoms with van der Waals surface area (Å²) in [6.45, 7) is 6.37. The number of benzene rings is 1. The Balaban J connectivity index is 2.21. The van der Waals surface area contributed by atoms with E-state index in [4.69, 9.17) is 9.47 Å². The molecular weight excluding hydrogens is 242 g/mol. The van der Waals surface area contributed by atoms with E-state index < -0.39 is 5.60 Å². The third kappa shape index (κ3) is 6.70. The van der Waals surface area contributed by atoms with Crippen molar-refractivity contribution in [2.24, 2.45) is 0 Å². The van der Waals surface area contributed by atoms with Gasteiger partial charge in [0.1, 0.15) is 11.4 Å². The summed E-state index contributed by atoms with van der Waals surface area (Å²) >= 11 is 0. The van der Waals surface area contributed by atoms with Crippen molar-refractivity contribution in [1.29, 1.82) is 0 Å². The number of carbonyl (C=O) groups excluding carboxylic acids is 1. The first-order chi connectivity index (χ1) is 8.90. The minimum Gasteiger partial charge on any atom is -0.497 e. The summed E-state index contributed by atoms with van der Waals surface area (Å²) < 4.78 is 10.3. The number of ether oxygens (including phenoxy) is 2. The Kier molecular flexibility index (Phi) is 5.67. The lowest BCUT2D eigenvalue weighted by molar-refractivity contribution is -0.154. The fourth-order valence-corrected chi connectivity index (χ4v) is 1.57. The number of methoxy groups -OCH3 is 1. The molecule has 0 radical (unpaired) electrons. The first-order valence-corrected chi connectivity index (χ1v) is 6.50. The van der Waals surface area contributed by atoms with Crippen molar-refractivity contribution < 1.29 is 14.3 Å². The number of anilines is 1. The summed E-state index contributed by atoms with van der Waals surface area (Å²) in [5.74, 6) is 0.684. The topological polar surface area (TPSA) is 47.6 Å². The van der Waals surface area contributed by atoms with Crippen LogP contribution in [-0.4, -0.2) is 25.2 Å². The van der Waals surface area contributed by atoms with Gasteiger partial charge in [-0.1, -0.05) is 0 Å². The van der Waals surface area contributed by atoms with Gasteiger partial charge in [-0.3, -0.25) is 4.79 Å². The molecule has 0 fully saturated rings. The van der Waals surface area contributed by atoms with Crippen LogP contribution >= 0.6 is 0 Å². The van der Waals surface area contributed by atoms with Gasteiger partial charge >= 0.3 is 5.97 Å². The molecule has 1 aromatic carbocycles. The van der Waals surface area contributed by atoms with Gasteiger partial charge in [0, 0.05) is 18.7 Å². The van der Waals surface area contributed by atoms with E-state index in [1.165, 1.54) is 0 Å². The largest absolute Gasteiger partial charge is 0.497 e. The number of rotatable bonds is 6. The molecular formula is C15H23NO3. The molecule has 0 aliphatic carbocycles. The van der Waals surface area contributed by atoms with Crippen molar-refractivity contribution in [2.75, 3.05) is 19.0 Å². The SMILES string of the molecule is COc1ccc(NCCCC(=O)OC(C)(C)C)cc1. The Morgan fingerprint density at radius 2 is 1.84 bits per heavy atom. The van der Waals surface area contributed by atoms with Crippen molar-refractivity contribution >= 4 is 11.7 Å². The smallest absolute Gasteiger partial charge is 0.306 e. The average molecular weight is 265 g/mol. The lowest BCUT2D eigenvalue weighted by atomic mass is 10.2. The molecule has 0 bridgehead atoms. The van der Waals surface area contributed by atoms with Crippen LogP contribution in [0.15, 0.2) is 24.3 Å². The molecule has 0 atom stereocenters. The quantitative estimate of drug-likeness (QED) is 0.633. The molecule has 4 nitrogen and oxygen atoms in total. The monoisotopic (exact) mass is 265 g/mol. The standard InChI is InChI=1S/C15H23NO3/c1-15(2,3)19-14(17)6-5-11-16-12-7-9-13(18-4)10-8-12/h7-10,16H,5-6,11H2,1-4H3. The van der Waals surface area contributed by atoms with Crippen molar-refractivity contribution in [3.63, 3.8) is 0 Å². The summed E-state index contributed by atoms with van der Waals surface area (Å²) in [6.07, 6.45) is 1.18. The van der Waals surface area contributed by atoms with Gasteiger partial charge in [0.2, 0.25) is 0 Å². The maximum absolute atomic E-state index is 11.5. The van der Waals surface area contributed by atoms with Crippen LogP contribution in [0.1, 0.15) is 33.6 Å². The Labute approximate surface area is 115 Å². The summed E-state index contributed by atoms with van der Waals surface area (Å²) in [5.41, 5.74) is 0.616. The van der Waals surface area contributed by atoms with Gasteiger partial charge in [-0.05, 0) is 51.5 Å². The van der Waals surface area contributed by atoms with Gasteiger partial charge in [0.05, 0.1) is 7.11 Å². The second-order valence-electron chi connectivity index (χ2n) is 5.35. The Morgan fingerprint density at radius 1 is 1.21 bits per heavy atom. The third-order valence-electron chi connectivity index (χ3n) is 2.40. The number of hydrogen-bond donors (Lipinski definition) is 1. The normalized spacial score (nSPS) is 10.9. The molecule has 1 N–H and O–H groups in total. The van der Waals surface area contributed by atoms with E-state index in [0.29, 0.717) is 6.42 Å². The highest BCUT2D eigenvalue weighted by atomic mass is 16.6. The van der Waals surface area contributed by atoms with Crippen LogP contribution in [0, 0.1) is 0 Å². The van der Waals surface area contributed by atoms with Gasteiger partial charge in [-0.15, -0.1) is 0 Å². The van der Waals surface area contributed by atoms with E-state index in [9.17, 15) is 4.79 Å². The molecule has 0 amide bonds. The molecule has 0 spiro atoms. The van der Waals surface area contributed by atoms with Crippen LogP contribution in [0.25, 0.3) is 0 Å². The van der Waals surface area contributed by atoms with Crippen molar-refractivity contribution in [3.8, 4) is 5.75 Å². The fraction of sp³-hybridized carbons (Fsp3) is 0.533. The van der Waals surface area contributed by atoms with Crippen molar-refractivity contribution in [3.05, 3.63) is 24.3 Å². The zero-order valence-corrected chi connectivity index (χ0v) is 12.2. The molecule has 0 saturated heterocycles. The molecule has 0 saturated carbocycles. The van der Waals surface area contributed by atoms with E-state index in [1.54, 1.807) is 7.11 Å². The molecule has 1 rings (SSSR count). The maximum atomic E-state index is 11.5. The zero-order valence-electron chi connectivity index (χ0n) is 12.2. The highest BCUT2D eigenvalue weighted by Crippen LogP contribution is 2.15. The predicted octanol–water partition coefficient (Wildman–Crippen LogP) is 3.23. The van der Waals surface area contributed by atoms with Crippen LogP contribution in [0.2, 0.25) is 0 Å². The number of carbonyl (C=O) groups is 1. The molecule has 1 aromatic rings. The molecule has 19 heavy (non-hydrogen) atoms. The highest BCUT2D eigenvalue weighted by molar-refractivity contribution is 5.69. The Morgan fingerprint density at radius 3 is 2.37 bits per heavy atom. The lowest BCUT2D eigenvalue weighted by Crippen LogP contribution is -2.24. The predicted molar refractivity (Wildman–Crippen MR) is 76.6 cm³/mol. The molecule has 0 aliphatic rings. The molecule has 106 valence electrons. The van der Waals surface area contributed by atoms with Gasteiger partial charge in [-0.2, -0.15) is 0 Å². The number of hydrogen-bond acceptors (Lipinski definition) is 4. The van der Waals surface area contributed by atoms with Gasteiger partial charge in [0.25, 0.3) is 0 Å². The van der Waals surface area contributed by atoms with Crippen molar-refractivity contribution in [1.82, 2.24) is 0 Å². The van der Waals surface area contributed by atoms with E-state index in [0.717, 1.165) is 24.4 Å². The van der Waals surface area contributed by atoms with Crippen LogP contribution in [0.3, 0.4) is 0 Å². The molecule has 0 heterocycles. The van der Waals surface area contributed by atoms with Crippen LogP contribution in [0.5, 0.6) is 5.75 Å². The van der Waals surface area contributed by atoms with Crippen molar-refractivity contribution in [2.45, 2.75) is 39.2 Å². The minimum absolute atomic E-state index is 0.149. The van der Waals surface area contributed by atoms with E-state index in [1.807, 2.05) is 45.0 Å². The minimum atomic E-state index is -0.402. The molecule has 0 aliphatic heterocycles. The van der Waals surface area contributed by atoms with Crippen LogP contribution < -0.4 is 10.1 Å². The van der Waals surface area contributed by atoms with Gasteiger partial charge < -0.3 is 14.8 Å². The number of esters is 1. The third-order valence-corrected chi connectivity index (χ3v) is 2.40. The second-order valence-corrected chi connectivity index (χ2v) is 5.35. The number of nitrogens with one attached hydrogen (secondary N) is 1. The summed E-state index contributed by atoms with van der Waals surface area (Å²) in [6, 6.07) is 7.70. The maximum Gasteiger partial charge on any atom is 0.306 e. The Bertz CT molecular complexity index is 393. The molecule has 0 unspecified atom stereocenters. The fourth-order valence-electron chi connectivity index (χ4n) is 1.57. The van der Waals surface area contributed by atoms with Crippen LogP contribution in [-0.2, 0) is 9.53 Å². The second kappa shape index (κ2) is 7.02. The van der Waals surface area contributed by atoms with Crippen LogP contribution in [0.4, 0.5) is 5.69 Å². The lowest BCUT2D eigenvalue weighted by Gasteiger charge is -2.19. The molecule has 0 aromatic heterocycles. The van der Waals surface area contributed by atoms with Gasteiger partial charge in [-0.25, -0.2) is 0 Å². The van der Waals surface area contributed by atoms with E-state index in [2.05, 4.69) is 5.32 Å². The average Bonchev–Trinajstić information content (AvgIpc) is 2.33. The summed E-state index contributed by atoms with van der Waals surface area (Å²) in [4.78, 5) is 11.5. The summed E-state index contributed by atoms with van der Waals surface area (Å²) in [7, 11) is 1.64. The zero-order chi connectivity index (χ0) is 14.3. The van der Waals surface area contributed by atoms with E-state index >= 15 is 0 Å². The van der Waals surface area contributed by atoms with E-state index in [-0.39, 0.29) is 5.97 Å². The van der Waals surface area contributed by atoms with Gasteiger partial charge in [0.15, 0.2) is 0 Å². The summed E-state index contributed by atoms with van der Waals surface area (Å²) in [5, 5.41) is 3.25. The molecule has 4 heteroatoms. The first kappa shape index (κ1) is 15.3. The first-order valence-electron chi connectivity index (χ1n) is 6.50.